The van der Waals surface area contributed by atoms with Gasteiger partial charge in [-0.05, 0) is 32.2 Å². The summed E-state index contributed by atoms with van der Waals surface area (Å²) in [4.78, 5) is 4.77. The van der Waals surface area contributed by atoms with Gasteiger partial charge in [-0.3, -0.25) is 0 Å². The Balaban J connectivity index is 1.75. The molecule has 14 heavy (non-hydrogen) atoms. The zero-order valence-corrected chi connectivity index (χ0v) is 9.15. The Morgan fingerprint density at radius 2 is 2.21 bits per heavy atom. The van der Waals surface area contributed by atoms with E-state index >= 15 is 0 Å². The number of rotatable bonds is 2. The van der Waals surface area contributed by atoms with Gasteiger partial charge in [-0.25, -0.2) is 4.98 Å². The van der Waals surface area contributed by atoms with Crippen LogP contribution in [0, 0.1) is 0 Å². The van der Waals surface area contributed by atoms with Crippen molar-refractivity contribution in [1.29, 1.82) is 0 Å². The van der Waals surface area contributed by atoms with Crippen molar-refractivity contribution in [1.82, 2.24) is 10.3 Å². The summed E-state index contributed by atoms with van der Waals surface area (Å²) in [5, 5.41) is 7.15. The van der Waals surface area contributed by atoms with Crippen LogP contribution in [0.25, 0.3) is 0 Å². The number of hydrogen-bond donors (Lipinski definition) is 1. The first-order chi connectivity index (χ1) is 6.93. The molecule has 0 bridgehead atoms. The molecule has 0 unspecified atom stereocenters. The fraction of sp³-hybridized carbons (Fsp3) is 0.727. The van der Waals surface area contributed by atoms with Crippen molar-refractivity contribution in [3.63, 3.8) is 0 Å². The fourth-order valence-electron chi connectivity index (χ4n) is 2.24. The van der Waals surface area contributed by atoms with Crippen LogP contribution in [0.4, 0.5) is 0 Å². The molecule has 2 heterocycles. The first-order valence-electron chi connectivity index (χ1n) is 5.62. The summed E-state index contributed by atoms with van der Waals surface area (Å²) in [6.45, 7) is 1.17. The second-order valence-electron chi connectivity index (χ2n) is 4.39. The highest BCUT2D eigenvalue weighted by Crippen LogP contribution is 2.38. The van der Waals surface area contributed by atoms with E-state index in [1.807, 2.05) is 11.3 Å². The maximum atomic E-state index is 4.77. The average Bonchev–Trinajstić information content (AvgIpc) is 2.65. The molecule has 2 nitrogen and oxygen atoms in total. The molecule has 1 aliphatic heterocycles. The molecule has 1 saturated carbocycles. The Morgan fingerprint density at radius 3 is 2.86 bits per heavy atom. The van der Waals surface area contributed by atoms with Crippen LogP contribution in [0.3, 0.4) is 0 Å². The third-order valence-electron chi connectivity index (χ3n) is 3.41. The molecule has 1 aromatic rings. The largest absolute Gasteiger partial charge is 0.309 e. The van der Waals surface area contributed by atoms with Crippen LogP contribution in [0.15, 0.2) is 5.38 Å². The molecule has 0 spiro atoms. The van der Waals surface area contributed by atoms with E-state index in [1.54, 1.807) is 0 Å². The normalized spacial score (nSPS) is 27.9. The van der Waals surface area contributed by atoms with Crippen molar-refractivity contribution in [3.05, 3.63) is 16.1 Å². The molecule has 3 heteroatoms. The van der Waals surface area contributed by atoms with Gasteiger partial charge in [-0.2, -0.15) is 0 Å². The Labute approximate surface area is 88.7 Å². The Kier molecular flexibility index (Phi) is 2.30. The summed E-state index contributed by atoms with van der Waals surface area (Å²) in [5.41, 5.74) is 1.30. The molecule has 76 valence electrons. The summed E-state index contributed by atoms with van der Waals surface area (Å²) < 4.78 is 0. The number of aromatic nitrogens is 1. The topological polar surface area (TPSA) is 24.9 Å². The lowest BCUT2D eigenvalue weighted by atomic mass is 9.86. The van der Waals surface area contributed by atoms with Crippen LogP contribution < -0.4 is 5.32 Å². The van der Waals surface area contributed by atoms with Crippen LogP contribution in [0.1, 0.15) is 54.8 Å². The monoisotopic (exact) mass is 208 g/mol. The third kappa shape index (κ3) is 1.48. The van der Waals surface area contributed by atoms with Crippen molar-refractivity contribution in [3.8, 4) is 0 Å². The molecule has 2 aliphatic rings. The van der Waals surface area contributed by atoms with E-state index in [0.717, 1.165) is 5.92 Å². The van der Waals surface area contributed by atoms with E-state index < -0.39 is 0 Å². The quantitative estimate of drug-likeness (QED) is 0.808. The highest BCUT2D eigenvalue weighted by atomic mass is 32.1. The molecule has 2 fully saturated rings. The molecule has 1 atom stereocenters. The standard InChI is InChI=1S/C11H16N2S/c1-3-8(4-1)11-13-10(7-14-11)9-5-2-6-12-9/h7-9,12H,1-6H2/t9-/m1/s1. The van der Waals surface area contributed by atoms with Gasteiger partial charge in [0, 0.05) is 11.3 Å². The molecule has 1 aromatic heterocycles. The zero-order chi connectivity index (χ0) is 9.38. The lowest BCUT2D eigenvalue weighted by Gasteiger charge is -2.22. The lowest BCUT2D eigenvalue weighted by Crippen LogP contribution is -2.14. The summed E-state index contributed by atoms with van der Waals surface area (Å²) in [6.07, 6.45) is 6.71. The number of nitrogens with one attached hydrogen (secondary N) is 1. The van der Waals surface area contributed by atoms with Crippen molar-refractivity contribution in [2.45, 2.75) is 44.1 Å². The second kappa shape index (κ2) is 3.63. The molecule has 0 amide bonds. The highest BCUT2D eigenvalue weighted by Gasteiger charge is 2.25. The van der Waals surface area contributed by atoms with E-state index in [0.29, 0.717) is 6.04 Å². The number of nitrogens with zero attached hydrogens (tertiary/aromatic N) is 1. The van der Waals surface area contributed by atoms with E-state index in [-0.39, 0.29) is 0 Å². The Hall–Kier alpha value is -0.410. The number of thiazole rings is 1. The van der Waals surface area contributed by atoms with Crippen LogP contribution in [-0.2, 0) is 0 Å². The third-order valence-corrected chi connectivity index (χ3v) is 4.44. The molecule has 1 N–H and O–H groups in total. The summed E-state index contributed by atoms with van der Waals surface area (Å²) in [6, 6.07) is 0.556. The van der Waals surface area contributed by atoms with Gasteiger partial charge in [0.05, 0.1) is 16.7 Å². The average molecular weight is 208 g/mol. The number of hydrogen-bond acceptors (Lipinski definition) is 3. The van der Waals surface area contributed by atoms with Crippen molar-refractivity contribution in [2.75, 3.05) is 6.54 Å². The van der Waals surface area contributed by atoms with Crippen LogP contribution in [-0.4, -0.2) is 11.5 Å². The molecule has 3 rings (SSSR count). The van der Waals surface area contributed by atoms with Gasteiger partial charge in [0.25, 0.3) is 0 Å². The van der Waals surface area contributed by atoms with Gasteiger partial charge in [-0.1, -0.05) is 6.42 Å². The summed E-state index contributed by atoms with van der Waals surface area (Å²) in [5.74, 6) is 0.801. The predicted molar refractivity (Wildman–Crippen MR) is 58.7 cm³/mol. The smallest absolute Gasteiger partial charge is 0.0959 e. The highest BCUT2D eigenvalue weighted by molar-refractivity contribution is 7.09. The van der Waals surface area contributed by atoms with Gasteiger partial charge in [0.1, 0.15) is 0 Å². The van der Waals surface area contributed by atoms with Gasteiger partial charge in [0.2, 0.25) is 0 Å². The SMILES string of the molecule is c1sc(C2CCC2)nc1[C@H]1CCCN1. The van der Waals surface area contributed by atoms with E-state index in [4.69, 9.17) is 4.98 Å². The Bertz CT molecular complexity index is 311. The van der Waals surface area contributed by atoms with E-state index in [9.17, 15) is 0 Å². The van der Waals surface area contributed by atoms with Crippen molar-refractivity contribution < 1.29 is 0 Å². The van der Waals surface area contributed by atoms with Gasteiger partial charge in [-0.15, -0.1) is 11.3 Å². The van der Waals surface area contributed by atoms with Gasteiger partial charge >= 0.3 is 0 Å². The van der Waals surface area contributed by atoms with Crippen molar-refractivity contribution in [2.24, 2.45) is 0 Å². The molecule has 0 aromatic carbocycles. The first-order valence-corrected chi connectivity index (χ1v) is 6.50. The molecule has 1 saturated heterocycles. The predicted octanol–water partition coefficient (Wildman–Crippen LogP) is 2.84. The zero-order valence-electron chi connectivity index (χ0n) is 8.33. The minimum absolute atomic E-state index is 0.556. The maximum Gasteiger partial charge on any atom is 0.0959 e. The molecular formula is C11H16N2S. The first kappa shape index (κ1) is 8.86. The van der Waals surface area contributed by atoms with Gasteiger partial charge < -0.3 is 5.32 Å². The van der Waals surface area contributed by atoms with E-state index in [2.05, 4.69) is 10.7 Å². The van der Waals surface area contributed by atoms with Crippen LogP contribution in [0.5, 0.6) is 0 Å². The molecule has 0 radical (unpaired) electrons. The minimum atomic E-state index is 0.556. The molecular weight excluding hydrogens is 192 g/mol. The second-order valence-corrected chi connectivity index (χ2v) is 5.28. The van der Waals surface area contributed by atoms with Crippen LogP contribution >= 0.6 is 11.3 Å². The Morgan fingerprint density at radius 1 is 1.29 bits per heavy atom. The lowest BCUT2D eigenvalue weighted by molar-refractivity contribution is 0.417. The van der Waals surface area contributed by atoms with Crippen molar-refractivity contribution >= 4 is 11.3 Å². The molecule has 1 aliphatic carbocycles. The maximum absolute atomic E-state index is 4.77. The minimum Gasteiger partial charge on any atom is -0.309 e. The van der Waals surface area contributed by atoms with E-state index in [1.165, 1.54) is 49.4 Å². The van der Waals surface area contributed by atoms with Crippen LogP contribution in [0.2, 0.25) is 0 Å². The summed E-state index contributed by atoms with van der Waals surface area (Å²) in [7, 11) is 0. The van der Waals surface area contributed by atoms with Gasteiger partial charge in [0.15, 0.2) is 0 Å². The summed E-state index contributed by atoms with van der Waals surface area (Å²) >= 11 is 1.87. The fourth-order valence-corrected chi connectivity index (χ4v) is 3.29.